The van der Waals surface area contributed by atoms with Gasteiger partial charge in [-0.3, -0.25) is 0 Å². The Hall–Kier alpha value is -0.450. The van der Waals surface area contributed by atoms with Gasteiger partial charge in [0.1, 0.15) is 5.01 Å². The highest BCUT2D eigenvalue weighted by Crippen LogP contribution is 2.36. The van der Waals surface area contributed by atoms with E-state index in [9.17, 15) is 0 Å². The highest BCUT2D eigenvalue weighted by molar-refractivity contribution is 7.11. The Morgan fingerprint density at radius 3 is 2.42 bits per heavy atom. The smallest absolute Gasteiger partial charge is 0.113 e. The van der Waals surface area contributed by atoms with Gasteiger partial charge >= 0.3 is 0 Å². The molecule has 108 valence electrons. The predicted molar refractivity (Wildman–Crippen MR) is 82.9 cm³/mol. The molecule has 0 aliphatic carbocycles. The zero-order valence-corrected chi connectivity index (χ0v) is 13.7. The van der Waals surface area contributed by atoms with E-state index in [0.717, 1.165) is 19.3 Å². The van der Waals surface area contributed by atoms with Crippen molar-refractivity contribution in [3.05, 3.63) is 15.6 Å². The van der Waals surface area contributed by atoms with Crippen LogP contribution in [0.3, 0.4) is 0 Å². The molecular weight excluding hydrogens is 254 g/mol. The number of likely N-dealkylation sites (tertiary alicyclic amines) is 1. The van der Waals surface area contributed by atoms with E-state index in [1.54, 1.807) is 0 Å². The average molecular weight is 281 g/mol. The van der Waals surface area contributed by atoms with E-state index in [-0.39, 0.29) is 5.54 Å². The highest BCUT2D eigenvalue weighted by Gasteiger charge is 2.38. The van der Waals surface area contributed by atoms with Crippen LogP contribution in [0.4, 0.5) is 0 Å². The number of hydrogen-bond donors (Lipinski definition) is 1. The van der Waals surface area contributed by atoms with Gasteiger partial charge in [0.15, 0.2) is 0 Å². The van der Waals surface area contributed by atoms with E-state index in [4.69, 9.17) is 4.98 Å². The molecule has 1 fully saturated rings. The summed E-state index contributed by atoms with van der Waals surface area (Å²) in [6.45, 7) is 11.3. The molecule has 0 aromatic carbocycles. The maximum absolute atomic E-state index is 4.90. The number of nitrogens with zero attached hydrogens (tertiary/aromatic N) is 2. The molecule has 1 aliphatic rings. The second kappa shape index (κ2) is 5.90. The van der Waals surface area contributed by atoms with E-state index >= 15 is 0 Å². The molecule has 0 unspecified atom stereocenters. The van der Waals surface area contributed by atoms with Gasteiger partial charge in [-0.2, -0.15) is 0 Å². The van der Waals surface area contributed by atoms with Crippen molar-refractivity contribution in [2.45, 2.75) is 58.5 Å². The molecule has 1 aromatic heterocycles. The van der Waals surface area contributed by atoms with Crippen molar-refractivity contribution in [2.24, 2.45) is 0 Å². The molecule has 4 heteroatoms. The first-order valence-corrected chi connectivity index (χ1v) is 8.24. The van der Waals surface area contributed by atoms with Crippen LogP contribution in [0.25, 0.3) is 0 Å². The first-order valence-electron chi connectivity index (χ1n) is 7.42. The molecular formula is C15H27N3S. The van der Waals surface area contributed by atoms with Gasteiger partial charge in [-0.05, 0) is 47.1 Å². The van der Waals surface area contributed by atoms with Crippen LogP contribution in [0.15, 0.2) is 0 Å². The van der Waals surface area contributed by atoms with Crippen molar-refractivity contribution in [1.82, 2.24) is 15.2 Å². The van der Waals surface area contributed by atoms with Crippen LogP contribution in [0.1, 0.15) is 49.2 Å². The maximum Gasteiger partial charge on any atom is 0.113 e. The van der Waals surface area contributed by atoms with Gasteiger partial charge in [-0.1, -0.05) is 6.92 Å². The van der Waals surface area contributed by atoms with E-state index in [2.05, 4.69) is 45.0 Å². The third-order valence-corrected chi connectivity index (χ3v) is 5.71. The molecule has 2 heterocycles. The lowest BCUT2D eigenvalue weighted by Crippen LogP contribution is -2.51. The molecule has 0 atom stereocenters. The summed E-state index contributed by atoms with van der Waals surface area (Å²) in [5, 5.41) is 4.88. The molecule has 0 bridgehead atoms. The van der Waals surface area contributed by atoms with Gasteiger partial charge in [0.25, 0.3) is 0 Å². The predicted octanol–water partition coefficient (Wildman–Crippen LogP) is 2.93. The summed E-state index contributed by atoms with van der Waals surface area (Å²) in [5.74, 6) is 0. The van der Waals surface area contributed by atoms with Gasteiger partial charge in [0, 0.05) is 24.0 Å². The fourth-order valence-corrected chi connectivity index (χ4v) is 4.21. The molecule has 1 aromatic rings. The summed E-state index contributed by atoms with van der Waals surface area (Å²) in [6.07, 6.45) is 3.37. The van der Waals surface area contributed by atoms with Crippen LogP contribution in [0, 0.1) is 6.92 Å². The summed E-state index contributed by atoms with van der Waals surface area (Å²) in [4.78, 5) is 8.86. The summed E-state index contributed by atoms with van der Waals surface area (Å²) in [5.41, 5.74) is 1.38. The minimum absolute atomic E-state index is 0.105. The van der Waals surface area contributed by atoms with Crippen LogP contribution < -0.4 is 5.32 Å². The van der Waals surface area contributed by atoms with Crippen LogP contribution >= 0.6 is 11.3 Å². The second-order valence-electron chi connectivity index (χ2n) is 5.84. The van der Waals surface area contributed by atoms with Gasteiger partial charge in [-0.15, -0.1) is 11.3 Å². The Morgan fingerprint density at radius 2 is 2.00 bits per heavy atom. The first kappa shape index (κ1) is 14.9. The van der Waals surface area contributed by atoms with Crippen molar-refractivity contribution < 1.29 is 0 Å². The zero-order valence-electron chi connectivity index (χ0n) is 12.9. The summed E-state index contributed by atoms with van der Waals surface area (Å²) >= 11 is 1.89. The minimum atomic E-state index is 0.105. The van der Waals surface area contributed by atoms with Crippen molar-refractivity contribution >= 4 is 11.3 Å². The minimum Gasteiger partial charge on any atom is -0.308 e. The lowest BCUT2D eigenvalue weighted by Gasteiger charge is -2.42. The monoisotopic (exact) mass is 281 g/mol. The van der Waals surface area contributed by atoms with Crippen LogP contribution in [0.5, 0.6) is 0 Å². The Kier molecular flexibility index (Phi) is 4.64. The topological polar surface area (TPSA) is 28.2 Å². The Morgan fingerprint density at radius 1 is 1.37 bits per heavy atom. The number of hydrogen-bond acceptors (Lipinski definition) is 4. The number of rotatable bonds is 4. The molecule has 1 N–H and O–H groups in total. The lowest BCUT2D eigenvalue weighted by molar-refractivity contribution is 0.114. The number of aryl methyl sites for hydroxylation is 2. The molecule has 0 radical (unpaired) electrons. The van der Waals surface area contributed by atoms with E-state index < -0.39 is 0 Å². The molecule has 1 saturated heterocycles. The van der Waals surface area contributed by atoms with Crippen molar-refractivity contribution in [1.29, 1.82) is 0 Å². The van der Waals surface area contributed by atoms with Crippen LogP contribution in [-0.2, 0) is 12.0 Å². The Bertz CT molecular complexity index is 417. The molecule has 0 amide bonds. The highest BCUT2D eigenvalue weighted by atomic mass is 32.1. The molecule has 0 saturated carbocycles. The van der Waals surface area contributed by atoms with E-state index in [1.165, 1.54) is 28.7 Å². The molecule has 2 rings (SSSR count). The third kappa shape index (κ3) is 2.86. The number of thiazole rings is 1. The van der Waals surface area contributed by atoms with Crippen molar-refractivity contribution in [3.8, 4) is 0 Å². The first-order chi connectivity index (χ1) is 9.02. The summed E-state index contributed by atoms with van der Waals surface area (Å²) in [6, 6.07) is 0.652. The molecule has 3 nitrogen and oxygen atoms in total. The zero-order chi connectivity index (χ0) is 14.0. The average Bonchev–Trinajstić information content (AvgIpc) is 2.80. The van der Waals surface area contributed by atoms with E-state index in [1.807, 2.05) is 11.3 Å². The van der Waals surface area contributed by atoms with Crippen molar-refractivity contribution in [3.63, 3.8) is 0 Å². The lowest BCUT2D eigenvalue weighted by atomic mass is 9.87. The second-order valence-corrected chi connectivity index (χ2v) is 7.04. The van der Waals surface area contributed by atoms with Gasteiger partial charge in [0.2, 0.25) is 0 Å². The molecule has 1 aliphatic heterocycles. The van der Waals surface area contributed by atoms with Crippen LogP contribution in [0.2, 0.25) is 0 Å². The molecule has 19 heavy (non-hydrogen) atoms. The molecule has 0 spiro atoms. The number of piperidine rings is 1. The summed E-state index contributed by atoms with van der Waals surface area (Å²) in [7, 11) is 2.09. The summed E-state index contributed by atoms with van der Waals surface area (Å²) < 4.78 is 0. The largest absolute Gasteiger partial charge is 0.308 e. The van der Waals surface area contributed by atoms with Crippen LogP contribution in [-0.4, -0.2) is 36.1 Å². The maximum atomic E-state index is 4.90. The fraction of sp³-hybridized carbons (Fsp3) is 0.800. The van der Waals surface area contributed by atoms with E-state index in [0.29, 0.717) is 6.04 Å². The van der Waals surface area contributed by atoms with Crippen molar-refractivity contribution in [2.75, 3.05) is 20.1 Å². The Balaban J connectivity index is 2.19. The standard InChI is InChI=1S/C15H27N3S/c1-6-13-12(4)19-14(17-13)15(16-5)7-9-18(10-8-15)11(2)3/h11,16H,6-10H2,1-5H3. The number of aromatic nitrogens is 1. The normalized spacial score (nSPS) is 20.1. The number of nitrogens with one attached hydrogen (secondary N) is 1. The third-order valence-electron chi connectivity index (χ3n) is 4.50. The SMILES string of the molecule is CCc1nc(C2(NC)CCN(C(C)C)CC2)sc1C. The van der Waals surface area contributed by atoms with Gasteiger partial charge in [0.05, 0.1) is 11.2 Å². The van der Waals surface area contributed by atoms with Gasteiger partial charge in [-0.25, -0.2) is 4.98 Å². The fourth-order valence-electron chi connectivity index (χ4n) is 2.95. The quantitative estimate of drug-likeness (QED) is 0.920. The Labute approximate surface area is 121 Å². The van der Waals surface area contributed by atoms with Gasteiger partial charge < -0.3 is 10.2 Å².